The van der Waals surface area contributed by atoms with Crippen molar-refractivity contribution in [2.24, 2.45) is 5.84 Å². The van der Waals surface area contributed by atoms with E-state index in [1.165, 1.54) is 0 Å². The first-order valence-electron chi connectivity index (χ1n) is 3.63. The molecule has 0 rings (SSSR count). The van der Waals surface area contributed by atoms with Crippen molar-refractivity contribution in [1.29, 1.82) is 0 Å². The first kappa shape index (κ1) is 10.3. The van der Waals surface area contributed by atoms with E-state index >= 15 is 0 Å². The van der Waals surface area contributed by atoms with Gasteiger partial charge in [0, 0.05) is 19.5 Å². The molecule has 0 aliphatic heterocycles. The van der Waals surface area contributed by atoms with Gasteiger partial charge in [-0.2, -0.15) is 0 Å². The maximum absolute atomic E-state index is 10.0. The van der Waals surface area contributed by atoms with Crippen molar-refractivity contribution in [3.05, 3.63) is 0 Å². The summed E-state index contributed by atoms with van der Waals surface area (Å²) in [7, 11) is 0. The molecule has 0 bridgehead atoms. The molecule has 0 unspecified atom stereocenters. The topological polar surface area (TPSA) is 87.4 Å². The summed E-state index contributed by atoms with van der Waals surface area (Å²) in [6.07, 6.45) is 0.892. The Balaban J connectivity index is 2.85. The molecular formula is C6H15N3O2. The zero-order chi connectivity index (χ0) is 8.53. The number of nitrogens with two attached hydrogens (primary N) is 1. The van der Waals surface area contributed by atoms with E-state index in [1.807, 2.05) is 0 Å². The molecule has 11 heavy (non-hydrogen) atoms. The Bertz CT molecular complexity index is 108. The summed E-state index contributed by atoms with van der Waals surface area (Å²) >= 11 is 0. The highest BCUT2D eigenvalue weighted by Gasteiger charge is 1.94. The van der Waals surface area contributed by atoms with Crippen molar-refractivity contribution in [1.82, 2.24) is 10.7 Å². The van der Waals surface area contributed by atoms with Crippen LogP contribution < -0.4 is 16.6 Å². The van der Waals surface area contributed by atoms with Crippen molar-refractivity contribution in [2.75, 3.05) is 19.6 Å². The molecule has 0 aliphatic carbocycles. The molecule has 0 saturated carbocycles. The fraction of sp³-hybridized carbons (Fsp3) is 0.833. The lowest BCUT2D eigenvalue weighted by Crippen LogP contribution is -2.32. The van der Waals surface area contributed by atoms with Gasteiger partial charge in [-0.05, 0) is 13.0 Å². The largest absolute Gasteiger partial charge is 0.481 e. The monoisotopic (exact) mass is 161 g/mol. The number of carboxylic acid groups (broad SMARTS) is 1. The minimum atomic E-state index is -0.747. The second-order valence-electron chi connectivity index (χ2n) is 2.20. The van der Waals surface area contributed by atoms with Crippen LogP contribution in [0, 0.1) is 0 Å². The summed E-state index contributed by atoms with van der Waals surface area (Å²) in [6, 6.07) is 0. The Morgan fingerprint density at radius 1 is 1.36 bits per heavy atom. The molecule has 5 N–H and O–H groups in total. The van der Waals surface area contributed by atoms with Crippen LogP contribution in [0.2, 0.25) is 0 Å². The van der Waals surface area contributed by atoms with Gasteiger partial charge in [0.25, 0.3) is 0 Å². The smallest absolute Gasteiger partial charge is 0.303 e. The average Bonchev–Trinajstić information content (AvgIpc) is 1.96. The Morgan fingerprint density at radius 3 is 2.64 bits per heavy atom. The number of aliphatic carboxylic acids is 1. The van der Waals surface area contributed by atoms with Gasteiger partial charge in [0.05, 0.1) is 0 Å². The second kappa shape index (κ2) is 7.46. The first-order chi connectivity index (χ1) is 5.27. The van der Waals surface area contributed by atoms with Crippen molar-refractivity contribution in [2.45, 2.75) is 12.8 Å². The number of carboxylic acids is 1. The maximum Gasteiger partial charge on any atom is 0.303 e. The van der Waals surface area contributed by atoms with E-state index in [0.717, 1.165) is 13.1 Å². The Labute approximate surface area is 65.9 Å². The zero-order valence-corrected chi connectivity index (χ0v) is 6.47. The lowest BCUT2D eigenvalue weighted by Gasteiger charge is -2.01. The molecule has 0 atom stereocenters. The van der Waals surface area contributed by atoms with Gasteiger partial charge in [-0.3, -0.25) is 16.1 Å². The van der Waals surface area contributed by atoms with Crippen LogP contribution in [-0.4, -0.2) is 30.7 Å². The predicted molar refractivity (Wildman–Crippen MR) is 41.9 cm³/mol. The van der Waals surface area contributed by atoms with Crippen LogP contribution in [0.25, 0.3) is 0 Å². The molecule has 0 saturated heterocycles. The van der Waals surface area contributed by atoms with E-state index < -0.39 is 5.97 Å². The molecule has 0 amide bonds. The summed E-state index contributed by atoms with van der Waals surface area (Å²) in [4.78, 5) is 10.0. The number of carbonyl (C=O) groups is 1. The number of hydrogen-bond acceptors (Lipinski definition) is 4. The van der Waals surface area contributed by atoms with Crippen molar-refractivity contribution in [3.63, 3.8) is 0 Å². The highest BCUT2D eigenvalue weighted by Crippen LogP contribution is 1.84. The van der Waals surface area contributed by atoms with Crippen molar-refractivity contribution < 1.29 is 9.90 Å². The summed E-state index contributed by atoms with van der Waals surface area (Å²) in [5.74, 6) is 4.26. The molecule has 0 fully saturated rings. The Morgan fingerprint density at radius 2 is 2.09 bits per heavy atom. The molecule has 0 radical (unpaired) electrons. The minimum Gasteiger partial charge on any atom is -0.481 e. The minimum absolute atomic E-state index is 0.225. The van der Waals surface area contributed by atoms with Crippen LogP contribution in [0.15, 0.2) is 0 Å². The highest BCUT2D eigenvalue weighted by atomic mass is 16.4. The number of nitrogens with one attached hydrogen (secondary N) is 2. The van der Waals surface area contributed by atoms with Gasteiger partial charge >= 0.3 is 5.97 Å². The van der Waals surface area contributed by atoms with Gasteiger partial charge in [-0.15, -0.1) is 0 Å². The molecule has 0 aromatic rings. The molecule has 66 valence electrons. The fourth-order valence-electron chi connectivity index (χ4n) is 0.650. The standard InChI is InChI=1S/C6H15N3O2/c7-9-5-4-8-3-1-2-6(10)11/h8-9H,1-5,7H2,(H,10,11). The number of hydrazine groups is 1. The van der Waals surface area contributed by atoms with E-state index in [9.17, 15) is 4.79 Å². The van der Waals surface area contributed by atoms with Crippen molar-refractivity contribution >= 4 is 5.97 Å². The summed E-state index contributed by atoms with van der Waals surface area (Å²) in [5, 5.41) is 11.3. The third-order valence-electron chi connectivity index (χ3n) is 1.19. The van der Waals surface area contributed by atoms with Gasteiger partial charge in [-0.25, -0.2) is 0 Å². The van der Waals surface area contributed by atoms with Gasteiger partial charge in [-0.1, -0.05) is 0 Å². The zero-order valence-electron chi connectivity index (χ0n) is 6.47. The second-order valence-corrected chi connectivity index (χ2v) is 2.20. The summed E-state index contributed by atoms with van der Waals surface area (Å²) in [6.45, 7) is 2.21. The number of hydrogen-bond donors (Lipinski definition) is 4. The van der Waals surface area contributed by atoms with E-state index in [-0.39, 0.29) is 6.42 Å². The normalized spacial score (nSPS) is 9.91. The molecule has 5 nitrogen and oxygen atoms in total. The van der Waals surface area contributed by atoms with Gasteiger partial charge < -0.3 is 10.4 Å². The molecule has 0 aromatic heterocycles. The van der Waals surface area contributed by atoms with E-state index in [2.05, 4.69) is 10.7 Å². The fourth-order valence-corrected chi connectivity index (χ4v) is 0.650. The predicted octanol–water partition coefficient (Wildman–Crippen LogP) is -1.10. The maximum atomic E-state index is 10.0. The average molecular weight is 161 g/mol. The third-order valence-corrected chi connectivity index (χ3v) is 1.19. The lowest BCUT2D eigenvalue weighted by atomic mass is 10.3. The van der Waals surface area contributed by atoms with E-state index in [0.29, 0.717) is 13.0 Å². The summed E-state index contributed by atoms with van der Waals surface area (Å²) < 4.78 is 0. The van der Waals surface area contributed by atoms with Crippen molar-refractivity contribution in [3.8, 4) is 0 Å². The Hall–Kier alpha value is -0.650. The van der Waals surface area contributed by atoms with E-state index in [1.54, 1.807) is 0 Å². The molecular weight excluding hydrogens is 146 g/mol. The van der Waals surface area contributed by atoms with Crippen LogP contribution in [0.5, 0.6) is 0 Å². The molecule has 0 heterocycles. The van der Waals surface area contributed by atoms with Gasteiger partial charge in [0.2, 0.25) is 0 Å². The molecule has 0 aliphatic rings. The quantitative estimate of drug-likeness (QED) is 0.216. The van der Waals surface area contributed by atoms with Crippen LogP contribution >= 0.6 is 0 Å². The Kier molecular flexibility index (Phi) is 7.02. The summed E-state index contributed by atoms with van der Waals surface area (Å²) in [5.41, 5.74) is 2.49. The van der Waals surface area contributed by atoms with E-state index in [4.69, 9.17) is 10.9 Å². The van der Waals surface area contributed by atoms with Crippen LogP contribution in [0.4, 0.5) is 0 Å². The first-order valence-corrected chi connectivity index (χ1v) is 3.63. The highest BCUT2D eigenvalue weighted by molar-refractivity contribution is 5.66. The van der Waals surface area contributed by atoms with Crippen LogP contribution in [0.3, 0.4) is 0 Å². The molecule has 5 heteroatoms. The third kappa shape index (κ3) is 9.35. The SMILES string of the molecule is NNCCNCCCC(=O)O. The van der Waals surface area contributed by atoms with Gasteiger partial charge in [0.15, 0.2) is 0 Å². The molecule has 0 spiro atoms. The van der Waals surface area contributed by atoms with Gasteiger partial charge in [0.1, 0.15) is 0 Å². The van der Waals surface area contributed by atoms with Crippen LogP contribution in [-0.2, 0) is 4.79 Å². The van der Waals surface area contributed by atoms with Crippen LogP contribution in [0.1, 0.15) is 12.8 Å². The molecule has 0 aromatic carbocycles. The lowest BCUT2D eigenvalue weighted by molar-refractivity contribution is -0.137. The number of rotatable bonds is 7.